The second-order valence-corrected chi connectivity index (χ2v) is 4.87. The van der Waals surface area contributed by atoms with Crippen molar-refractivity contribution in [1.29, 1.82) is 0 Å². The summed E-state index contributed by atoms with van der Waals surface area (Å²) in [6, 6.07) is 7.14. The zero-order valence-electron chi connectivity index (χ0n) is 12.0. The number of methoxy groups -OCH3 is 1. The van der Waals surface area contributed by atoms with E-state index in [9.17, 15) is 13.6 Å². The minimum Gasteiger partial charge on any atom is -0.497 e. The Hall–Kier alpha value is -1.69. The van der Waals surface area contributed by atoms with Crippen LogP contribution in [0.5, 0.6) is 5.75 Å². The summed E-state index contributed by atoms with van der Waals surface area (Å²) in [4.78, 5) is 11.4. The number of alkyl halides is 2. The molecule has 2 atom stereocenters. The van der Waals surface area contributed by atoms with E-state index in [1.807, 2.05) is 0 Å². The molecule has 21 heavy (non-hydrogen) atoms. The van der Waals surface area contributed by atoms with Gasteiger partial charge in [0.15, 0.2) is 0 Å². The number of ether oxygens (including phenoxy) is 3. The van der Waals surface area contributed by atoms with Crippen LogP contribution in [-0.2, 0) is 20.9 Å². The molecule has 1 aliphatic carbocycles. The molecule has 2 rings (SSSR count). The molecule has 1 saturated carbocycles. The van der Waals surface area contributed by atoms with Crippen molar-refractivity contribution in [2.45, 2.75) is 19.5 Å². The van der Waals surface area contributed by atoms with Gasteiger partial charge in [-0.05, 0) is 24.6 Å². The summed E-state index contributed by atoms with van der Waals surface area (Å²) in [6.07, 6.45) is 0. The minimum absolute atomic E-state index is 0.102. The second-order valence-electron chi connectivity index (χ2n) is 4.87. The highest BCUT2D eigenvalue weighted by molar-refractivity contribution is 5.78. The average molecular weight is 300 g/mol. The molecule has 116 valence electrons. The molecule has 0 unspecified atom stereocenters. The Morgan fingerprint density at radius 1 is 1.29 bits per heavy atom. The molecule has 1 aromatic carbocycles. The second kappa shape index (κ2) is 6.39. The monoisotopic (exact) mass is 300 g/mol. The standard InChI is InChI=1S/C15H18F2O4/c1-3-21-14(18)13-12(15(13,16)17)9-20-8-10-4-6-11(19-2)7-5-10/h4-7,12-13H,3,8-9H2,1-2H3/t12-,13+/m1/s1. The molecule has 6 heteroatoms. The minimum atomic E-state index is -3.02. The highest BCUT2D eigenvalue weighted by Gasteiger charge is 2.72. The lowest BCUT2D eigenvalue weighted by Gasteiger charge is -2.05. The van der Waals surface area contributed by atoms with Gasteiger partial charge >= 0.3 is 5.97 Å². The van der Waals surface area contributed by atoms with Gasteiger partial charge in [0.25, 0.3) is 5.92 Å². The van der Waals surface area contributed by atoms with Crippen LogP contribution < -0.4 is 4.74 Å². The lowest BCUT2D eigenvalue weighted by Crippen LogP contribution is -2.11. The maximum atomic E-state index is 13.5. The van der Waals surface area contributed by atoms with E-state index < -0.39 is 23.7 Å². The largest absolute Gasteiger partial charge is 0.497 e. The highest BCUT2D eigenvalue weighted by atomic mass is 19.3. The Morgan fingerprint density at radius 3 is 2.52 bits per heavy atom. The van der Waals surface area contributed by atoms with E-state index in [0.717, 1.165) is 11.3 Å². The van der Waals surface area contributed by atoms with Crippen LogP contribution in [0.3, 0.4) is 0 Å². The molecule has 0 radical (unpaired) electrons. The molecule has 0 N–H and O–H groups in total. The van der Waals surface area contributed by atoms with Crippen LogP contribution in [0.25, 0.3) is 0 Å². The predicted octanol–water partition coefficient (Wildman–Crippen LogP) is 2.66. The number of hydrogen-bond donors (Lipinski definition) is 0. The molecule has 0 amide bonds. The van der Waals surface area contributed by atoms with Crippen molar-refractivity contribution in [3.63, 3.8) is 0 Å². The number of rotatable bonds is 7. The molecular formula is C15H18F2O4. The summed E-state index contributed by atoms with van der Waals surface area (Å²) < 4.78 is 41.9. The Balaban J connectivity index is 1.79. The van der Waals surface area contributed by atoms with E-state index in [0.29, 0.717) is 0 Å². The van der Waals surface area contributed by atoms with Gasteiger partial charge in [-0.15, -0.1) is 0 Å². The lowest BCUT2D eigenvalue weighted by atomic mass is 10.2. The number of benzene rings is 1. The van der Waals surface area contributed by atoms with Crippen LogP contribution in [0.4, 0.5) is 8.78 Å². The smallest absolute Gasteiger partial charge is 0.315 e. The summed E-state index contributed by atoms with van der Waals surface area (Å²) in [5.74, 6) is -5.61. The quantitative estimate of drug-likeness (QED) is 0.726. The zero-order chi connectivity index (χ0) is 15.5. The SMILES string of the molecule is CCOC(=O)[C@@H]1[C@@H](COCc2ccc(OC)cc2)C1(F)F. The number of halogens is 2. The fourth-order valence-electron chi connectivity index (χ4n) is 2.18. The van der Waals surface area contributed by atoms with Gasteiger partial charge in [0.2, 0.25) is 0 Å². The van der Waals surface area contributed by atoms with E-state index >= 15 is 0 Å². The lowest BCUT2D eigenvalue weighted by molar-refractivity contribution is -0.147. The van der Waals surface area contributed by atoms with E-state index in [-0.39, 0.29) is 19.8 Å². The fraction of sp³-hybridized carbons (Fsp3) is 0.533. The van der Waals surface area contributed by atoms with Crippen LogP contribution in [0, 0.1) is 11.8 Å². The van der Waals surface area contributed by atoms with Crippen LogP contribution >= 0.6 is 0 Å². The van der Waals surface area contributed by atoms with Gasteiger partial charge in [0.1, 0.15) is 11.7 Å². The first-order chi connectivity index (χ1) is 10.0. The number of hydrogen-bond acceptors (Lipinski definition) is 4. The van der Waals surface area contributed by atoms with Crippen molar-refractivity contribution in [1.82, 2.24) is 0 Å². The summed E-state index contributed by atoms with van der Waals surface area (Å²) in [6.45, 7) is 1.74. The molecule has 1 aliphatic rings. The third-order valence-corrected chi connectivity index (χ3v) is 3.47. The van der Waals surface area contributed by atoms with E-state index in [1.54, 1.807) is 38.3 Å². The summed E-state index contributed by atoms with van der Waals surface area (Å²) in [5, 5.41) is 0. The molecule has 1 aromatic rings. The summed E-state index contributed by atoms with van der Waals surface area (Å²) in [7, 11) is 1.57. The third kappa shape index (κ3) is 3.50. The van der Waals surface area contributed by atoms with Gasteiger partial charge < -0.3 is 14.2 Å². The molecule has 0 heterocycles. The Labute approximate surface area is 122 Å². The third-order valence-electron chi connectivity index (χ3n) is 3.47. The number of carbonyl (C=O) groups excluding carboxylic acids is 1. The van der Waals surface area contributed by atoms with Gasteiger partial charge in [0, 0.05) is 0 Å². The first-order valence-corrected chi connectivity index (χ1v) is 6.75. The Kier molecular flexibility index (Phi) is 4.77. The first kappa shape index (κ1) is 15.7. The van der Waals surface area contributed by atoms with Crippen molar-refractivity contribution in [2.75, 3.05) is 20.3 Å². The van der Waals surface area contributed by atoms with Crippen molar-refractivity contribution in [3.8, 4) is 5.75 Å². The van der Waals surface area contributed by atoms with Gasteiger partial charge in [-0.3, -0.25) is 4.79 Å². The molecule has 0 bridgehead atoms. The van der Waals surface area contributed by atoms with E-state index in [1.165, 1.54) is 0 Å². The number of esters is 1. The summed E-state index contributed by atoms with van der Waals surface area (Å²) >= 11 is 0. The Bertz CT molecular complexity index is 487. The molecule has 4 nitrogen and oxygen atoms in total. The molecule has 0 aromatic heterocycles. The van der Waals surface area contributed by atoms with Gasteiger partial charge in [0.05, 0.1) is 32.8 Å². The van der Waals surface area contributed by atoms with Crippen LogP contribution in [0.15, 0.2) is 24.3 Å². The maximum Gasteiger partial charge on any atom is 0.315 e. The summed E-state index contributed by atoms with van der Waals surface area (Å²) in [5.41, 5.74) is 0.854. The van der Waals surface area contributed by atoms with Gasteiger partial charge in [-0.2, -0.15) is 0 Å². The van der Waals surface area contributed by atoms with Crippen molar-refractivity contribution in [2.24, 2.45) is 11.8 Å². The van der Waals surface area contributed by atoms with Crippen molar-refractivity contribution < 1.29 is 27.8 Å². The molecular weight excluding hydrogens is 282 g/mol. The van der Waals surface area contributed by atoms with Crippen molar-refractivity contribution in [3.05, 3.63) is 29.8 Å². The molecule has 1 fully saturated rings. The van der Waals surface area contributed by atoms with E-state index in [4.69, 9.17) is 9.47 Å². The molecule has 0 aliphatic heterocycles. The van der Waals surface area contributed by atoms with Gasteiger partial charge in [-0.25, -0.2) is 8.78 Å². The van der Waals surface area contributed by atoms with Crippen LogP contribution in [0.2, 0.25) is 0 Å². The molecule has 0 spiro atoms. The molecule has 0 saturated heterocycles. The van der Waals surface area contributed by atoms with Gasteiger partial charge in [-0.1, -0.05) is 12.1 Å². The maximum absolute atomic E-state index is 13.5. The van der Waals surface area contributed by atoms with E-state index in [2.05, 4.69) is 4.74 Å². The topological polar surface area (TPSA) is 44.8 Å². The fourth-order valence-corrected chi connectivity index (χ4v) is 2.18. The highest BCUT2D eigenvalue weighted by Crippen LogP contribution is 2.55. The average Bonchev–Trinajstić information content (AvgIpc) is 3.01. The van der Waals surface area contributed by atoms with Crippen molar-refractivity contribution >= 4 is 5.97 Å². The zero-order valence-corrected chi connectivity index (χ0v) is 12.0. The first-order valence-electron chi connectivity index (χ1n) is 6.75. The van der Waals surface area contributed by atoms with Crippen LogP contribution in [-0.4, -0.2) is 32.2 Å². The Morgan fingerprint density at radius 2 is 1.95 bits per heavy atom. The predicted molar refractivity (Wildman–Crippen MR) is 71.2 cm³/mol. The number of carbonyl (C=O) groups is 1. The normalized spacial score (nSPS) is 22.7. The van der Waals surface area contributed by atoms with Crippen LogP contribution in [0.1, 0.15) is 12.5 Å².